The topological polar surface area (TPSA) is 91.6 Å². The third kappa shape index (κ3) is 4.67. The molecule has 0 amide bonds. The maximum Gasteiger partial charge on any atom is 0.309 e. The van der Waals surface area contributed by atoms with Gasteiger partial charge in [-0.3, -0.25) is 0 Å². The number of rotatable bonds is 9. The molecule has 0 fully saturated rings. The summed E-state index contributed by atoms with van der Waals surface area (Å²) in [6, 6.07) is 8.63. The number of nitriles is 1. The minimum Gasteiger partial charge on any atom is -0.377 e. The Morgan fingerprint density at radius 2 is 1.91 bits per heavy atom. The molecule has 0 spiro atoms. The van der Waals surface area contributed by atoms with Gasteiger partial charge in [0.25, 0.3) is 0 Å². The molecule has 0 aromatic heterocycles. The van der Waals surface area contributed by atoms with Crippen molar-refractivity contribution in [2.75, 3.05) is 19.8 Å². The maximum atomic E-state index is 10.4. The van der Waals surface area contributed by atoms with E-state index in [1.165, 1.54) is 6.08 Å². The fourth-order valence-corrected chi connectivity index (χ4v) is 1.91. The Balaban J connectivity index is 3.04. The lowest BCUT2D eigenvalue weighted by Crippen LogP contribution is -2.33. The number of aldehydes is 1. The van der Waals surface area contributed by atoms with Crippen LogP contribution in [0.2, 0.25) is 0 Å². The number of hydrogen-bond donors (Lipinski definition) is 2. The van der Waals surface area contributed by atoms with E-state index in [0.717, 1.165) is 0 Å². The van der Waals surface area contributed by atoms with E-state index >= 15 is 0 Å². The standard InChI is InChI=1S/C16H20N2O4/c1-3-21-16(20,22-4-2)14-7-5-13(6-8-14)15(9-10-17)18-11-12-19/h5-9,12,18,20H,3-4,11H2,1-2H3. The van der Waals surface area contributed by atoms with Crippen molar-refractivity contribution in [1.29, 1.82) is 5.26 Å². The average molecular weight is 304 g/mol. The van der Waals surface area contributed by atoms with Crippen LogP contribution in [0, 0.1) is 11.3 Å². The third-order valence-electron chi connectivity index (χ3n) is 2.83. The molecule has 6 nitrogen and oxygen atoms in total. The van der Waals surface area contributed by atoms with Crippen LogP contribution < -0.4 is 5.32 Å². The Morgan fingerprint density at radius 1 is 1.32 bits per heavy atom. The fraction of sp³-hybridized carbons (Fsp3) is 0.375. The first-order valence-corrected chi connectivity index (χ1v) is 6.99. The molecule has 6 heteroatoms. The molecule has 0 aliphatic carbocycles. The van der Waals surface area contributed by atoms with E-state index in [1.54, 1.807) is 38.1 Å². The molecule has 0 atom stereocenters. The summed E-state index contributed by atoms with van der Waals surface area (Å²) in [5.41, 5.74) is 1.69. The molecule has 0 heterocycles. The minimum absolute atomic E-state index is 0.108. The van der Waals surface area contributed by atoms with Gasteiger partial charge in [-0.05, 0) is 19.4 Å². The summed E-state index contributed by atoms with van der Waals surface area (Å²) < 4.78 is 10.5. The average Bonchev–Trinajstić information content (AvgIpc) is 2.52. The van der Waals surface area contributed by atoms with E-state index in [1.807, 2.05) is 6.07 Å². The molecule has 118 valence electrons. The fourth-order valence-electron chi connectivity index (χ4n) is 1.91. The van der Waals surface area contributed by atoms with E-state index in [2.05, 4.69) is 5.32 Å². The highest BCUT2D eigenvalue weighted by Gasteiger charge is 2.30. The van der Waals surface area contributed by atoms with Gasteiger partial charge in [0, 0.05) is 24.9 Å². The largest absolute Gasteiger partial charge is 0.377 e. The van der Waals surface area contributed by atoms with Gasteiger partial charge in [0.05, 0.1) is 18.3 Å². The SMILES string of the molecule is CCOC(O)(OCC)c1ccc(C(=CC#N)NCC=O)cc1. The lowest BCUT2D eigenvalue weighted by molar-refractivity contribution is -0.370. The number of ether oxygens (including phenoxy) is 2. The van der Waals surface area contributed by atoms with Crippen molar-refractivity contribution in [3.8, 4) is 6.07 Å². The second-order valence-electron chi connectivity index (χ2n) is 4.26. The van der Waals surface area contributed by atoms with Gasteiger partial charge in [-0.1, -0.05) is 24.3 Å². The highest BCUT2D eigenvalue weighted by molar-refractivity contribution is 5.68. The van der Waals surface area contributed by atoms with Gasteiger partial charge in [-0.15, -0.1) is 0 Å². The predicted octanol–water partition coefficient (Wildman–Crippen LogP) is 1.52. The summed E-state index contributed by atoms with van der Waals surface area (Å²) in [6.45, 7) is 4.21. The first kappa shape index (κ1) is 17.9. The van der Waals surface area contributed by atoms with E-state index in [9.17, 15) is 9.90 Å². The quantitative estimate of drug-likeness (QED) is 0.408. The first-order valence-electron chi connectivity index (χ1n) is 6.99. The Kier molecular flexibility index (Phi) is 7.26. The molecular formula is C16H20N2O4. The summed E-state index contributed by atoms with van der Waals surface area (Å²) in [5.74, 6) is -1.79. The van der Waals surface area contributed by atoms with Gasteiger partial charge in [0.15, 0.2) is 0 Å². The number of nitrogens with one attached hydrogen (secondary N) is 1. The molecule has 0 saturated heterocycles. The molecule has 1 rings (SSSR count). The van der Waals surface area contributed by atoms with Gasteiger partial charge in [-0.2, -0.15) is 5.26 Å². The van der Waals surface area contributed by atoms with E-state index in [4.69, 9.17) is 14.7 Å². The highest BCUT2D eigenvalue weighted by Crippen LogP contribution is 2.25. The third-order valence-corrected chi connectivity index (χ3v) is 2.83. The number of hydrogen-bond acceptors (Lipinski definition) is 6. The second-order valence-corrected chi connectivity index (χ2v) is 4.26. The van der Waals surface area contributed by atoms with Crippen molar-refractivity contribution in [2.24, 2.45) is 0 Å². The van der Waals surface area contributed by atoms with E-state index in [-0.39, 0.29) is 6.54 Å². The zero-order valence-corrected chi connectivity index (χ0v) is 12.7. The van der Waals surface area contributed by atoms with Crippen molar-refractivity contribution in [1.82, 2.24) is 5.32 Å². The van der Waals surface area contributed by atoms with Crippen molar-refractivity contribution in [2.45, 2.75) is 19.8 Å². The van der Waals surface area contributed by atoms with Crippen LogP contribution in [-0.2, 0) is 20.2 Å². The van der Waals surface area contributed by atoms with Crippen LogP contribution in [0.4, 0.5) is 0 Å². The summed E-state index contributed by atoms with van der Waals surface area (Å²) in [7, 11) is 0. The first-order chi connectivity index (χ1) is 10.6. The number of benzene rings is 1. The molecule has 2 N–H and O–H groups in total. The summed E-state index contributed by atoms with van der Waals surface area (Å²) in [4.78, 5) is 10.4. The van der Waals surface area contributed by atoms with E-state index < -0.39 is 5.97 Å². The Labute approximate surface area is 130 Å². The van der Waals surface area contributed by atoms with Crippen LogP contribution in [-0.4, -0.2) is 31.2 Å². The predicted molar refractivity (Wildman–Crippen MR) is 81.2 cm³/mol. The molecule has 1 aromatic carbocycles. The maximum absolute atomic E-state index is 10.4. The second kappa shape index (κ2) is 8.95. The molecule has 1 aromatic rings. The number of carbonyl (C=O) groups excluding carboxylic acids is 1. The van der Waals surface area contributed by atoms with Gasteiger partial charge in [-0.25, -0.2) is 0 Å². The zero-order valence-electron chi connectivity index (χ0n) is 12.7. The van der Waals surface area contributed by atoms with Crippen LogP contribution in [0.15, 0.2) is 30.3 Å². The molecule has 0 radical (unpaired) electrons. The van der Waals surface area contributed by atoms with Crippen molar-refractivity contribution < 1.29 is 19.4 Å². The molecular weight excluding hydrogens is 284 g/mol. The smallest absolute Gasteiger partial charge is 0.309 e. The molecule has 0 bridgehead atoms. The Hall–Kier alpha value is -2.20. The Morgan fingerprint density at radius 3 is 2.36 bits per heavy atom. The summed E-state index contributed by atoms with van der Waals surface area (Å²) in [5, 5.41) is 22.0. The number of aliphatic hydroxyl groups is 1. The summed E-state index contributed by atoms with van der Waals surface area (Å²) in [6.07, 6.45) is 2.03. The molecule has 0 aliphatic heterocycles. The number of nitrogens with zero attached hydrogens (tertiary/aromatic N) is 1. The molecule has 22 heavy (non-hydrogen) atoms. The van der Waals surface area contributed by atoms with Crippen LogP contribution in [0.25, 0.3) is 5.70 Å². The van der Waals surface area contributed by atoms with Gasteiger partial charge in [0.2, 0.25) is 0 Å². The van der Waals surface area contributed by atoms with Crippen molar-refractivity contribution in [3.63, 3.8) is 0 Å². The summed E-state index contributed by atoms with van der Waals surface area (Å²) >= 11 is 0. The normalized spacial score (nSPS) is 11.8. The monoisotopic (exact) mass is 304 g/mol. The lowest BCUT2D eigenvalue weighted by Gasteiger charge is -2.27. The van der Waals surface area contributed by atoms with Gasteiger partial charge < -0.3 is 24.7 Å². The number of allylic oxidation sites excluding steroid dienone is 1. The Bertz CT molecular complexity index is 540. The lowest BCUT2D eigenvalue weighted by atomic mass is 10.1. The van der Waals surface area contributed by atoms with Crippen LogP contribution >= 0.6 is 0 Å². The van der Waals surface area contributed by atoms with Crippen molar-refractivity contribution >= 4 is 12.0 Å². The van der Waals surface area contributed by atoms with Crippen LogP contribution in [0.5, 0.6) is 0 Å². The molecule has 0 aliphatic rings. The molecule has 0 saturated carbocycles. The van der Waals surface area contributed by atoms with E-state index in [0.29, 0.717) is 36.3 Å². The van der Waals surface area contributed by atoms with Crippen LogP contribution in [0.3, 0.4) is 0 Å². The molecule has 0 unspecified atom stereocenters. The van der Waals surface area contributed by atoms with Crippen LogP contribution in [0.1, 0.15) is 25.0 Å². The highest BCUT2D eigenvalue weighted by atomic mass is 16.8. The van der Waals surface area contributed by atoms with Crippen molar-refractivity contribution in [3.05, 3.63) is 41.5 Å². The zero-order chi connectivity index (χ0) is 16.4. The minimum atomic E-state index is -1.79. The van der Waals surface area contributed by atoms with Gasteiger partial charge in [0.1, 0.15) is 6.29 Å². The van der Waals surface area contributed by atoms with Gasteiger partial charge >= 0.3 is 5.97 Å². The number of carbonyl (C=O) groups is 1.